The highest BCUT2D eigenvalue weighted by Crippen LogP contribution is 2.46. The summed E-state index contributed by atoms with van der Waals surface area (Å²) in [6.45, 7) is 0.616. The summed E-state index contributed by atoms with van der Waals surface area (Å²) in [7, 11) is 3.15. The van der Waals surface area contributed by atoms with Crippen LogP contribution in [0.25, 0.3) is 17.3 Å². The predicted octanol–water partition coefficient (Wildman–Crippen LogP) is 3.13. The molecule has 156 valence electrons. The molecule has 3 aliphatic rings. The van der Waals surface area contributed by atoms with E-state index in [9.17, 15) is 9.59 Å². The lowest BCUT2D eigenvalue weighted by molar-refractivity contribution is 0.0790. The molecule has 0 radical (unpaired) electrons. The normalized spacial score (nSPS) is 18.0. The van der Waals surface area contributed by atoms with E-state index in [1.54, 1.807) is 30.9 Å². The monoisotopic (exact) mass is 473 g/mol. The van der Waals surface area contributed by atoms with Crippen LogP contribution < -0.4 is 15.0 Å². The van der Waals surface area contributed by atoms with Gasteiger partial charge in [-0.2, -0.15) is 0 Å². The summed E-state index contributed by atoms with van der Waals surface area (Å²) < 4.78 is 23.7. The van der Waals surface area contributed by atoms with Crippen LogP contribution in [0.3, 0.4) is 0 Å². The van der Waals surface area contributed by atoms with E-state index in [2.05, 4.69) is 15.9 Å². The van der Waals surface area contributed by atoms with Gasteiger partial charge in [0.25, 0.3) is 5.56 Å². The number of carbonyl (C=O) groups is 1. The third kappa shape index (κ3) is 2.66. The number of carbonyl (C=O) groups excluding carboxylic acids is 1. The molecule has 0 spiro atoms. The number of benzene rings is 1. The maximum absolute atomic E-state index is 13.5. The minimum Gasteiger partial charge on any atom is -0.498 e. The van der Waals surface area contributed by atoms with Crippen molar-refractivity contribution in [3.63, 3.8) is 0 Å². The Kier molecular flexibility index (Phi) is 4.71. The van der Waals surface area contributed by atoms with Crippen molar-refractivity contribution < 1.29 is 23.7 Å². The molecule has 2 aliphatic carbocycles. The van der Waals surface area contributed by atoms with E-state index in [1.807, 2.05) is 6.07 Å². The number of alkyl halides is 1. The Morgan fingerprint density at radius 1 is 1.17 bits per heavy atom. The fourth-order valence-electron chi connectivity index (χ4n) is 4.48. The van der Waals surface area contributed by atoms with E-state index in [0.29, 0.717) is 63.7 Å². The Balaban J connectivity index is 1.82. The van der Waals surface area contributed by atoms with E-state index in [0.717, 1.165) is 11.8 Å². The van der Waals surface area contributed by atoms with Gasteiger partial charge in [-0.1, -0.05) is 15.9 Å². The van der Waals surface area contributed by atoms with E-state index < -0.39 is 0 Å². The molecule has 0 amide bonds. The fourth-order valence-corrected chi connectivity index (χ4v) is 4.73. The van der Waals surface area contributed by atoms with Crippen molar-refractivity contribution in [3.05, 3.63) is 50.5 Å². The molecule has 1 unspecified atom stereocenters. The first kappa shape index (κ1) is 19.4. The van der Waals surface area contributed by atoms with Gasteiger partial charge in [0.1, 0.15) is 11.9 Å². The number of fused-ring (bicyclic) bond motifs is 6. The summed E-state index contributed by atoms with van der Waals surface area (Å²) in [5.74, 6) is 1.61. The van der Waals surface area contributed by atoms with Gasteiger partial charge >= 0.3 is 0 Å². The predicted molar refractivity (Wildman–Crippen MR) is 114 cm³/mol. The highest BCUT2D eigenvalue weighted by atomic mass is 79.9. The average Bonchev–Trinajstić information content (AvgIpc) is 3.33. The largest absolute Gasteiger partial charge is 0.498 e. The van der Waals surface area contributed by atoms with Crippen LogP contribution in [0.1, 0.15) is 33.5 Å². The van der Waals surface area contributed by atoms with Crippen LogP contribution in [-0.4, -0.2) is 42.8 Å². The van der Waals surface area contributed by atoms with Crippen LogP contribution in [0.15, 0.2) is 22.7 Å². The molecule has 0 saturated carbocycles. The summed E-state index contributed by atoms with van der Waals surface area (Å²) in [4.78, 5) is 27.1. The molecule has 0 N–H and O–H groups in total. The number of methoxy groups -OCH3 is 2. The van der Waals surface area contributed by atoms with Crippen LogP contribution >= 0.6 is 15.9 Å². The Bertz CT molecular complexity index is 1170. The first-order chi connectivity index (χ1) is 14.6. The van der Waals surface area contributed by atoms with Crippen molar-refractivity contribution in [2.45, 2.75) is 25.5 Å². The van der Waals surface area contributed by atoms with Crippen molar-refractivity contribution in [1.29, 1.82) is 0 Å². The SMILES string of the molecule is COC1=Cc2c(c3c(n(CCCBr)c2=O)-c2cc4c(cc2C3=O)OCO4)CC1OC. The highest BCUT2D eigenvalue weighted by molar-refractivity contribution is 9.09. The zero-order valence-corrected chi connectivity index (χ0v) is 18.2. The number of rotatable bonds is 5. The number of nitrogens with zero attached hydrogens (tertiary/aromatic N) is 1. The molecule has 7 nitrogen and oxygen atoms in total. The number of hydrogen-bond acceptors (Lipinski definition) is 6. The van der Waals surface area contributed by atoms with Crippen molar-refractivity contribution in [3.8, 4) is 22.8 Å². The average molecular weight is 474 g/mol. The van der Waals surface area contributed by atoms with Gasteiger partial charge in [0.2, 0.25) is 6.79 Å². The molecule has 1 atom stereocenters. The van der Waals surface area contributed by atoms with Gasteiger partial charge in [-0.15, -0.1) is 0 Å². The van der Waals surface area contributed by atoms with E-state index in [-0.39, 0.29) is 24.2 Å². The van der Waals surface area contributed by atoms with Crippen LogP contribution in [0.4, 0.5) is 0 Å². The van der Waals surface area contributed by atoms with Gasteiger partial charge in [0.05, 0.1) is 18.4 Å². The first-order valence-corrected chi connectivity index (χ1v) is 10.8. The molecule has 2 aromatic rings. The molecule has 2 heterocycles. The maximum Gasteiger partial charge on any atom is 0.258 e. The molecular formula is C22H20BrNO6. The van der Waals surface area contributed by atoms with Crippen molar-refractivity contribution in [1.82, 2.24) is 4.57 Å². The van der Waals surface area contributed by atoms with Crippen LogP contribution in [-0.2, 0) is 22.4 Å². The van der Waals surface area contributed by atoms with Gasteiger partial charge in [0, 0.05) is 42.1 Å². The van der Waals surface area contributed by atoms with Crippen LogP contribution in [0, 0.1) is 0 Å². The second kappa shape index (κ2) is 7.28. The number of ketones is 1. The number of pyridine rings is 1. The molecule has 1 aromatic heterocycles. The lowest BCUT2D eigenvalue weighted by atomic mass is 9.89. The third-order valence-electron chi connectivity index (χ3n) is 5.88. The molecule has 5 rings (SSSR count). The summed E-state index contributed by atoms with van der Waals surface area (Å²) in [5.41, 5.74) is 3.53. The van der Waals surface area contributed by atoms with Crippen LogP contribution in [0.2, 0.25) is 0 Å². The Hall–Kier alpha value is -2.58. The molecule has 0 fully saturated rings. The topological polar surface area (TPSA) is 76.0 Å². The van der Waals surface area contributed by atoms with E-state index in [4.69, 9.17) is 18.9 Å². The quantitative estimate of drug-likeness (QED) is 0.529. The molecule has 8 heteroatoms. The zero-order chi connectivity index (χ0) is 21.0. The Morgan fingerprint density at radius 3 is 2.57 bits per heavy atom. The first-order valence-electron chi connectivity index (χ1n) is 9.71. The van der Waals surface area contributed by atoms with Crippen molar-refractivity contribution >= 4 is 27.8 Å². The van der Waals surface area contributed by atoms with Crippen molar-refractivity contribution in [2.24, 2.45) is 0 Å². The van der Waals surface area contributed by atoms with Gasteiger partial charge in [-0.3, -0.25) is 9.59 Å². The summed E-state index contributed by atoms with van der Waals surface area (Å²) >= 11 is 3.44. The van der Waals surface area contributed by atoms with Crippen LogP contribution in [0.5, 0.6) is 11.5 Å². The minimum absolute atomic E-state index is 0.105. The van der Waals surface area contributed by atoms with Gasteiger partial charge < -0.3 is 23.5 Å². The van der Waals surface area contributed by atoms with Crippen molar-refractivity contribution in [2.75, 3.05) is 26.3 Å². The lowest BCUT2D eigenvalue weighted by Crippen LogP contribution is -2.32. The zero-order valence-electron chi connectivity index (χ0n) is 16.6. The standard InChI is InChI=1S/C22H20BrNO6/c1-27-15-6-11-14(9-16(15)28-2)22(26)24(5-3-4-23)20-12-7-17-18(30-10-29-17)8-13(12)21(25)19(11)20/h7-9,15H,3-6,10H2,1-2H3. The molecule has 1 aliphatic heterocycles. The number of hydrogen-bond donors (Lipinski definition) is 0. The smallest absolute Gasteiger partial charge is 0.258 e. The summed E-state index contributed by atoms with van der Waals surface area (Å²) in [6.07, 6.45) is 2.51. The fraction of sp³-hybridized carbons (Fsp3) is 0.364. The number of halogens is 1. The maximum atomic E-state index is 13.5. The van der Waals surface area contributed by atoms with Gasteiger partial charge in [-0.25, -0.2) is 0 Å². The number of aromatic nitrogens is 1. The van der Waals surface area contributed by atoms with Gasteiger partial charge in [-0.05, 0) is 30.2 Å². The Labute approximate surface area is 181 Å². The second-order valence-corrected chi connectivity index (χ2v) is 8.17. The number of ether oxygens (including phenoxy) is 4. The Morgan fingerprint density at radius 2 is 1.90 bits per heavy atom. The van der Waals surface area contributed by atoms with E-state index in [1.165, 1.54) is 0 Å². The summed E-state index contributed by atoms with van der Waals surface area (Å²) in [6, 6.07) is 3.53. The second-order valence-electron chi connectivity index (χ2n) is 7.37. The van der Waals surface area contributed by atoms with E-state index >= 15 is 0 Å². The molecule has 30 heavy (non-hydrogen) atoms. The third-order valence-corrected chi connectivity index (χ3v) is 6.44. The molecule has 0 bridgehead atoms. The van der Waals surface area contributed by atoms with Gasteiger partial charge in [0.15, 0.2) is 17.3 Å². The molecule has 0 saturated heterocycles. The molecular weight excluding hydrogens is 454 g/mol. The minimum atomic E-state index is -0.349. The summed E-state index contributed by atoms with van der Waals surface area (Å²) in [5, 5.41) is 0.748. The lowest BCUT2D eigenvalue weighted by Gasteiger charge is -2.26. The highest BCUT2D eigenvalue weighted by Gasteiger charge is 2.39. The molecule has 1 aromatic carbocycles.